The first-order valence-corrected chi connectivity index (χ1v) is 8.18. The van der Waals surface area contributed by atoms with Gasteiger partial charge in [0.05, 0.1) is 12.2 Å². The lowest BCUT2D eigenvalue weighted by Gasteiger charge is -2.19. The maximum Gasteiger partial charge on any atom is 0.407 e. The molecule has 1 rings (SSSR count). The Morgan fingerprint density at radius 1 is 1.21 bits per heavy atom. The predicted molar refractivity (Wildman–Crippen MR) is 93.3 cm³/mol. The summed E-state index contributed by atoms with van der Waals surface area (Å²) in [6.45, 7) is 6.47. The Balaban J connectivity index is 2.05. The van der Waals surface area contributed by atoms with Gasteiger partial charge >= 0.3 is 6.09 Å². The number of hydrogen-bond acceptors (Lipinski definition) is 4. The van der Waals surface area contributed by atoms with E-state index in [9.17, 15) is 9.59 Å². The monoisotopic (exact) mass is 333 g/mol. The van der Waals surface area contributed by atoms with Crippen molar-refractivity contribution in [2.45, 2.75) is 52.2 Å². The quantitative estimate of drug-likeness (QED) is 0.566. The van der Waals surface area contributed by atoms with E-state index in [4.69, 9.17) is 4.74 Å². The van der Waals surface area contributed by atoms with E-state index in [-0.39, 0.29) is 5.91 Å². The van der Waals surface area contributed by atoms with E-state index in [0.29, 0.717) is 13.1 Å². The van der Waals surface area contributed by atoms with E-state index in [2.05, 4.69) is 15.6 Å². The summed E-state index contributed by atoms with van der Waals surface area (Å²) >= 11 is 0. The van der Waals surface area contributed by atoms with Crippen molar-refractivity contribution >= 4 is 12.0 Å². The summed E-state index contributed by atoms with van der Waals surface area (Å²) in [6, 6.07) is 5.58. The summed E-state index contributed by atoms with van der Waals surface area (Å²) in [6.07, 6.45) is 7.17. The fourth-order valence-corrected chi connectivity index (χ4v) is 1.82. The largest absolute Gasteiger partial charge is 0.444 e. The van der Waals surface area contributed by atoms with Crippen LogP contribution in [-0.2, 0) is 16.1 Å². The second-order valence-electron chi connectivity index (χ2n) is 6.37. The number of carbonyl (C=O) groups is 2. The second-order valence-corrected chi connectivity index (χ2v) is 6.37. The maximum atomic E-state index is 11.6. The Labute approximate surface area is 143 Å². The highest BCUT2D eigenvalue weighted by molar-refractivity contribution is 5.87. The molecule has 0 bridgehead atoms. The molecule has 0 unspecified atom stereocenters. The van der Waals surface area contributed by atoms with Gasteiger partial charge in [0, 0.05) is 12.7 Å². The van der Waals surface area contributed by atoms with Crippen molar-refractivity contribution in [3.8, 4) is 0 Å². The molecule has 0 aliphatic carbocycles. The van der Waals surface area contributed by atoms with Crippen molar-refractivity contribution < 1.29 is 14.3 Å². The number of pyridine rings is 1. The molecule has 24 heavy (non-hydrogen) atoms. The summed E-state index contributed by atoms with van der Waals surface area (Å²) < 4.78 is 5.14. The minimum atomic E-state index is -0.477. The molecule has 0 atom stereocenters. The first kappa shape index (κ1) is 19.7. The van der Waals surface area contributed by atoms with Gasteiger partial charge in [0.2, 0.25) is 5.91 Å². The first-order valence-electron chi connectivity index (χ1n) is 8.18. The average Bonchev–Trinajstić information content (AvgIpc) is 2.51. The number of carbonyl (C=O) groups excluding carboxylic acids is 2. The summed E-state index contributed by atoms with van der Waals surface area (Å²) in [4.78, 5) is 27.2. The number of rotatable bonds is 8. The molecule has 0 saturated carbocycles. The summed E-state index contributed by atoms with van der Waals surface area (Å²) in [5, 5.41) is 5.48. The number of nitrogens with zero attached hydrogens (tertiary/aromatic N) is 1. The summed E-state index contributed by atoms with van der Waals surface area (Å²) in [5.74, 6) is -0.132. The van der Waals surface area contributed by atoms with Gasteiger partial charge in [0.1, 0.15) is 5.60 Å². The normalized spacial score (nSPS) is 11.3. The van der Waals surface area contributed by atoms with Crippen LogP contribution in [0.5, 0.6) is 0 Å². The van der Waals surface area contributed by atoms with Gasteiger partial charge in [-0.3, -0.25) is 9.78 Å². The van der Waals surface area contributed by atoms with E-state index >= 15 is 0 Å². The molecular weight excluding hydrogens is 306 g/mol. The van der Waals surface area contributed by atoms with Crippen LogP contribution >= 0.6 is 0 Å². The predicted octanol–water partition coefficient (Wildman–Crippen LogP) is 2.95. The number of hydrogen-bond donors (Lipinski definition) is 2. The van der Waals surface area contributed by atoms with Crippen molar-refractivity contribution in [3.63, 3.8) is 0 Å². The van der Waals surface area contributed by atoms with Gasteiger partial charge in [0.15, 0.2) is 0 Å². The number of unbranched alkanes of at least 4 members (excludes halogenated alkanes) is 2. The van der Waals surface area contributed by atoms with Gasteiger partial charge in [-0.1, -0.05) is 12.1 Å². The van der Waals surface area contributed by atoms with Crippen LogP contribution in [0.4, 0.5) is 4.79 Å². The second kappa shape index (κ2) is 10.4. The van der Waals surface area contributed by atoms with E-state index in [1.54, 1.807) is 6.20 Å². The number of amides is 2. The zero-order valence-corrected chi connectivity index (χ0v) is 14.7. The molecule has 2 N–H and O–H groups in total. The van der Waals surface area contributed by atoms with Gasteiger partial charge in [-0.05, 0) is 58.2 Å². The average molecular weight is 333 g/mol. The topological polar surface area (TPSA) is 80.3 Å². The lowest BCUT2D eigenvalue weighted by atomic mass is 10.2. The summed E-state index contributed by atoms with van der Waals surface area (Å²) in [5.41, 5.74) is 0.350. The summed E-state index contributed by atoms with van der Waals surface area (Å²) in [7, 11) is 0. The third kappa shape index (κ3) is 10.4. The van der Waals surface area contributed by atoms with Crippen molar-refractivity contribution in [2.75, 3.05) is 6.54 Å². The Morgan fingerprint density at radius 3 is 2.67 bits per heavy atom. The minimum Gasteiger partial charge on any atom is -0.444 e. The molecule has 0 fully saturated rings. The Kier molecular flexibility index (Phi) is 8.54. The molecule has 1 aromatic rings. The van der Waals surface area contributed by atoms with Crippen molar-refractivity contribution in [2.24, 2.45) is 0 Å². The van der Waals surface area contributed by atoms with E-state index in [1.807, 2.05) is 45.0 Å². The highest BCUT2D eigenvalue weighted by Crippen LogP contribution is 2.06. The van der Waals surface area contributed by atoms with Gasteiger partial charge in [-0.2, -0.15) is 0 Å². The van der Waals surface area contributed by atoms with Gasteiger partial charge < -0.3 is 15.4 Å². The molecule has 1 heterocycles. The fourth-order valence-electron chi connectivity index (χ4n) is 1.82. The highest BCUT2D eigenvalue weighted by atomic mass is 16.6. The van der Waals surface area contributed by atoms with Crippen LogP contribution in [0.3, 0.4) is 0 Å². The molecule has 0 radical (unpaired) electrons. The van der Waals surface area contributed by atoms with E-state index in [0.717, 1.165) is 25.0 Å². The zero-order valence-electron chi connectivity index (χ0n) is 14.7. The molecular formula is C18H27N3O3. The molecule has 6 heteroatoms. The van der Waals surface area contributed by atoms with Crippen molar-refractivity contribution in [1.82, 2.24) is 15.6 Å². The molecule has 132 valence electrons. The third-order valence-corrected chi connectivity index (χ3v) is 2.90. The number of alkyl carbamates (subject to hydrolysis) is 1. The van der Waals surface area contributed by atoms with Crippen LogP contribution < -0.4 is 10.6 Å². The number of nitrogens with one attached hydrogen (secondary N) is 2. The van der Waals surface area contributed by atoms with Crippen molar-refractivity contribution in [3.05, 3.63) is 42.2 Å². The third-order valence-electron chi connectivity index (χ3n) is 2.90. The van der Waals surface area contributed by atoms with Gasteiger partial charge in [-0.25, -0.2) is 4.79 Å². The lowest BCUT2D eigenvalue weighted by molar-refractivity contribution is -0.116. The molecule has 0 saturated heterocycles. The molecule has 2 amide bonds. The smallest absolute Gasteiger partial charge is 0.407 e. The Morgan fingerprint density at radius 2 is 2.00 bits per heavy atom. The van der Waals surface area contributed by atoms with Crippen LogP contribution in [0.1, 0.15) is 45.7 Å². The Bertz CT molecular complexity index is 536. The fraction of sp³-hybridized carbons (Fsp3) is 0.500. The molecule has 0 aliphatic heterocycles. The standard InChI is InChI=1S/C18H27N3O3/c1-18(2,3)24-17(23)20-13-8-5-4-6-11-16(22)21-14-15-10-7-9-12-19-15/h6-7,9-12H,4-5,8,13-14H2,1-3H3,(H,20,23)(H,21,22)/b11-6+. The first-order chi connectivity index (χ1) is 11.4. The number of allylic oxidation sites excluding steroid dienone is 1. The molecule has 6 nitrogen and oxygen atoms in total. The van der Waals surface area contributed by atoms with Crippen LogP contribution in [0.2, 0.25) is 0 Å². The molecule has 1 aromatic heterocycles. The molecule has 0 aliphatic rings. The number of aromatic nitrogens is 1. The molecule has 0 spiro atoms. The maximum absolute atomic E-state index is 11.6. The zero-order chi connectivity index (χ0) is 17.8. The highest BCUT2D eigenvalue weighted by Gasteiger charge is 2.15. The van der Waals surface area contributed by atoms with Crippen molar-refractivity contribution in [1.29, 1.82) is 0 Å². The molecule has 0 aromatic carbocycles. The Hall–Kier alpha value is -2.37. The van der Waals surface area contributed by atoms with E-state index in [1.165, 1.54) is 6.08 Å². The van der Waals surface area contributed by atoms with Gasteiger partial charge in [-0.15, -0.1) is 0 Å². The lowest BCUT2D eigenvalue weighted by Crippen LogP contribution is -2.32. The SMILES string of the molecule is CC(C)(C)OC(=O)NCCCC/C=C/C(=O)NCc1ccccn1. The minimum absolute atomic E-state index is 0.132. The van der Waals surface area contributed by atoms with Crippen LogP contribution in [0, 0.1) is 0 Å². The number of ether oxygens (including phenoxy) is 1. The van der Waals surface area contributed by atoms with E-state index < -0.39 is 11.7 Å². The van der Waals surface area contributed by atoms with Gasteiger partial charge in [0.25, 0.3) is 0 Å². The van der Waals surface area contributed by atoms with Crippen LogP contribution in [0.15, 0.2) is 36.5 Å². The van der Waals surface area contributed by atoms with Crippen LogP contribution in [0.25, 0.3) is 0 Å². The van der Waals surface area contributed by atoms with Crippen LogP contribution in [-0.4, -0.2) is 29.1 Å².